The monoisotopic (exact) mass is 422 g/mol. The van der Waals surface area contributed by atoms with E-state index in [9.17, 15) is 14.9 Å². The summed E-state index contributed by atoms with van der Waals surface area (Å²) in [7, 11) is 0. The molecule has 1 N–H and O–H groups in total. The Kier molecular flexibility index (Phi) is 5.08. The van der Waals surface area contributed by atoms with Crippen molar-refractivity contribution in [3.05, 3.63) is 94.4 Å². The average molecular weight is 422 g/mol. The molecule has 6 nitrogen and oxygen atoms in total. The van der Waals surface area contributed by atoms with Crippen molar-refractivity contribution < 1.29 is 4.79 Å². The third-order valence-electron chi connectivity index (χ3n) is 6.24. The number of nitrogens with one attached hydrogen (secondary N) is 1. The molecule has 3 aromatic carbocycles. The molecule has 2 heterocycles. The molecule has 0 spiro atoms. The van der Waals surface area contributed by atoms with Crippen molar-refractivity contribution in [2.75, 3.05) is 13.1 Å². The zero-order valence-corrected chi connectivity index (χ0v) is 17.5. The molecule has 0 atom stereocenters. The van der Waals surface area contributed by atoms with E-state index in [1.165, 1.54) is 0 Å². The minimum Gasteiger partial charge on any atom is -0.338 e. The molecule has 5 rings (SSSR count). The number of rotatable bonds is 3. The van der Waals surface area contributed by atoms with Gasteiger partial charge >= 0.3 is 5.69 Å². The number of fused-ring (bicyclic) bond motifs is 1. The number of likely N-dealkylation sites (tertiary alicyclic amines) is 1. The Hall–Kier alpha value is -4.11. The second-order valence-electron chi connectivity index (χ2n) is 8.04. The number of para-hydroxylation sites is 2. The van der Waals surface area contributed by atoms with Crippen LogP contribution in [0.1, 0.15) is 34.8 Å². The maximum atomic E-state index is 13.4. The normalized spacial score (nSPS) is 14.4. The molecule has 158 valence electrons. The number of nitrogens with zero attached hydrogens (tertiary/aromatic N) is 3. The Morgan fingerprint density at radius 1 is 0.906 bits per heavy atom. The Morgan fingerprint density at radius 3 is 2.34 bits per heavy atom. The number of amides is 1. The highest BCUT2D eigenvalue weighted by Crippen LogP contribution is 2.30. The molecule has 1 fully saturated rings. The van der Waals surface area contributed by atoms with Crippen LogP contribution in [0.25, 0.3) is 22.2 Å². The molecular weight excluding hydrogens is 400 g/mol. The third kappa shape index (κ3) is 3.38. The molecule has 4 aromatic rings. The molecule has 32 heavy (non-hydrogen) atoms. The fourth-order valence-electron chi connectivity index (χ4n) is 4.65. The van der Waals surface area contributed by atoms with Gasteiger partial charge in [-0.1, -0.05) is 48.5 Å². The molecule has 6 heteroatoms. The lowest BCUT2D eigenvalue weighted by molar-refractivity contribution is 0.0696. The summed E-state index contributed by atoms with van der Waals surface area (Å²) in [6.07, 6.45) is 1.43. The summed E-state index contributed by atoms with van der Waals surface area (Å²) in [4.78, 5) is 30.7. The molecule has 0 saturated carbocycles. The van der Waals surface area contributed by atoms with Crippen LogP contribution in [0.5, 0.6) is 0 Å². The Labute approximate surface area is 185 Å². The van der Waals surface area contributed by atoms with Gasteiger partial charge in [0.05, 0.1) is 22.7 Å². The van der Waals surface area contributed by atoms with Gasteiger partial charge in [-0.3, -0.25) is 9.36 Å². The molecule has 1 aliphatic heterocycles. The fourth-order valence-corrected chi connectivity index (χ4v) is 4.65. The lowest BCUT2D eigenvalue weighted by Crippen LogP contribution is -2.40. The van der Waals surface area contributed by atoms with Crippen molar-refractivity contribution in [1.82, 2.24) is 14.5 Å². The van der Waals surface area contributed by atoms with E-state index < -0.39 is 0 Å². The van der Waals surface area contributed by atoms with Gasteiger partial charge < -0.3 is 9.88 Å². The molecule has 1 saturated heterocycles. The van der Waals surface area contributed by atoms with Crippen molar-refractivity contribution in [3.63, 3.8) is 0 Å². The third-order valence-corrected chi connectivity index (χ3v) is 6.24. The van der Waals surface area contributed by atoms with Crippen LogP contribution >= 0.6 is 0 Å². The van der Waals surface area contributed by atoms with Crippen molar-refractivity contribution in [2.24, 2.45) is 0 Å². The summed E-state index contributed by atoms with van der Waals surface area (Å²) in [6, 6.07) is 24.8. The summed E-state index contributed by atoms with van der Waals surface area (Å²) in [6.45, 7) is 1.15. The standard InChI is InChI=1S/C26H22N4O2/c27-17-18-7-1-2-8-20(18)21-9-3-4-10-22(21)25(31)29-15-13-19(14-16-29)30-24-12-6-5-11-23(24)28-26(30)32/h1-12,19H,13-16H2,(H,28,32). The fraction of sp³-hybridized carbons (Fsp3) is 0.192. The van der Waals surface area contributed by atoms with E-state index in [0.717, 1.165) is 22.2 Å². The van der Waals surface area contributed by atoms with E-state index in [0.29, 0.717) is 37.1 Å². The van der Waals surface area contributed by atoms with Crippen molar-refractivity contribution in [1.29, 1.82) is 5.26 Å². The maximum absolute atomic E-state index is 13.4. The number of piperidine rings is 1. The molecule has 1 aromatic heterocycles. The van der Waals surface area contributed by atoms with Crippen LogP contribution in [0.3, 0.4) is 0 Å². The van der Waals surface area contributed by atoms with Crippen LogP contribution in [-0.2, 0) is 0 Å². The van der Waals surface area contributed by atoms with Gasteiger partial charge in [0.25, 0.3) is 5.91 Å². The highest BCUT2D eigenvalue weighted by molar-refractivity contribution is 6.01. The van der Waals surface area contributed by atoms with Crippen LogP contribution in [0.15, 0.2) is 77.6 Å². The lowest BCUT2D eigenvalue weighted by Gasteiger charge is -2.33. The van der Waals surface area contributed by atoms with Gasteiger partial charge in [-0.15, -0.1) is 0 Å². The van der Waals surface area contributed by atoms with E-state index >= 15 is 0 Å². The zero-order valence-electron chi connectivity index (χ0n) is 17.5. The van der Waals surface area contributed by atoms with Crippen LogP contribution < -0.4 is 5.69 Å². The van der Waals surface area contributed by atoms with Gasteiger partial charge in [0, 0.05) is 30.3 Å². The van der Waals surface area contributed by atoms with Crippen LogP contribution in [-0.4, -0.2) is 33.4 Å². The van der Waals surface area contributed by atoms with Gasteiger partial charge in [-0.05, 0) is 42.7 Å². The lowest BCUT2D eigenvalue weighted by atomic mass is 9.94. The SMILES string of the molecule is N#Cc1ccccc1-c1ccccc1C(=O)N1CCC(n2c(=O)[nH]c3ccccc32)CC1. The first-order valence-corrected chi connectivity index (χ1v) is 10.7. The minimum absolute atomic E-state index is 0.0435. The molecule has 1 amide bonds. The van der Waals surface area contributed by atoms with Gasteiger partial charge in [0.1, 0.15) is 0 Å². The second kappa shape index (κ2) is 8.20. The second-order valence-corrected chi connectivity index (χ2v) is 8.04. The molecular formula is C26H22N4O2. The maximum Gasteiger partial charge on any atom is 0.326 e. The summed E-state index contributed by atoms with van der Waals surface area (Å²) in [5, 5.41) is 9.50. The number of aromatic nitrogens is 2. The van der Waals surface area contributed by atoms with E-state index in [-0.39, 0.29) is 17.6 Å². The predicted molar refractivity (Wildman–Crippen MR) is 123 cm³/mol. The van der Waals surface area contributed by atoms with E-state index in [1.54, 1.807) is 6.07 Å². The van der Waals surface area contributed by atoms with Gasteiger partial charge in [0.2, 0.25) is 0 Å². The van der Waals surface area contributed by atoms with Crippen LogP contribution in [0.4, 0.5) is 0 Å². The van der Waals surface area contributed by atoms with E-state index in [2.05, 4.69) is 11.1 Å². The largest absolute Gasteiger partial charge is 0.338 e. The first kappa shape index (κ1) is 19.8. The molecule has 0 bridgehead atoms. The number of hydrogen-bond acceptors (Lipinski definition) is 3. The van der Waals surface area contributed by atoms with E-state index in [4.69, 9.17) is 0 Å². The summed E-state index contributed by atoms with van der Waals surface area (Å²) < 4.78 is 1.83. The van der Waals surface area contributed by atoms with Crippen molar-refractivity contribution in [3.8, 4) is 17.2 Å². The molecule has 0 unspecified atom stereocenters. The summed E-state index contributed by atoms with van der Waals surface area (Å²) in [5.74, 6) is -0.0435. The summed E-state index contributed by atoms with van der Waals surface area (Å²) >= 11 is 0. The minimum atomic E-state index is -0.102. The first-order chi connectivity index (χ1) is 15.7. The van der Waals surface area contributed by atoms with Gasteiger partial charge in [0.15, 0.2) is 0 Å². The quantitative estimate of drug-likeness (QED) is 0.533. The number of hydrogen-bond donors (Lipinski definition) is 1. The van der Waals surface area contributed by atoms with Crippen molar-refractivity contribution in [2.45, 2.75) is 18.9 Å². The molecule has 0 radical (unpaired) electrons. The highest BCUT2D eigenvalue weighted by atomic mass is 16.2. The average Bonchev–Trinajstić information content (AvgIpc) is 3.19. The smallest absolute Gasteiger partial charge is 0.326 e. The predicted octanol–water partition coefficient (Wildman–Crippen LogP) is 4.35. The first-order valence-electron chi connectivity index (χ1n) is 10.7. The van der Waals surface area contributed by atoms with E-state index in [1.807, 2.05) is 76.2 Å². The number of imidazole rings is 1. The number of nitriles is 1. The Bertz CT molecular complexity index is 1400. The van der Waals surface area contributed by atoms with Gasteiger partial charge in [-0.2, -0.15) is 5.26 Å². The number of carbonyl (C=O) groups is 1. The van der Waals surface area contributed by atoms with Crippen molar-refractivity contribution >= 4 is 16.9 Å². The Balaban J connectivity index is 1.40. The zero-order chi connectivity index (χ0) is 22.1. The summed E-state index contributed by atoms with van der Waals surface area (Å²) in [5.41, 5.74) is 4.31. The van der Waals surface area contributed by atoms with Crippen LogP contribution in [0.2, 0.25) is 0 Å². The van der Waals surface area contributed by atoms with Gasteiger partial charge in [-0.25, -0.2) is 4.79 Å². The highest BCUT2D eigenvalue weighted by Gasteiger charge is 2.28. The Morgan fingerprint density at radius 2 is 1.56 bits per heavy atom. The number of benzene rings is 3. The van der Waals surface area contributed by atoms with Crippen LogP contribution in [0, 0.1) is 11.3 Å². The number of H-pyrrole nitrogens is 1. The number of aromatic amines is 1. The molecule has 0 aliphatic carbocycles. The topological polar surface area (TPSA) is 81.9 Å². The molecule has 1 aliphatic rings. The number of carbonyl (C=O) groups excluding carboxylic acids is 1.